The van der Waals surface area contributed by atoms with Gasteiger partial charge in [-0.15, -0.1) is 11.3 Å². The largest absolute Gasteiger partial charge is 0.469 e. The number of hydrogen-bond donors (Lipinski definition) is 0. The molecule has 0 N–H and O–H groups in total. The van der Waals surface area contributed by atoms with E-state index in [2.05, 4.69) is 15.0 Å². The van der Waals surface area contributed by atoms with Crippen LogP contribution in [0, 0.1) is 5.41 Å². The molecule has 4 rings (SSSR count). The number of aldehydes is 1. The highest BCUT2D eigenvalue weighted by atomic mass is 32.1. The summed E-state index contributed by atoms with van der Waals surface area (Å²) in [7, 11) is 1.33. The molecular formula is C24H21N3O3S. The monoisotopic (exact) mass is 431 g/mol. The van der Waals surface area contributed by atoms with Crippen LogP contribution in [0.4, 0.5) is 0 Å². The second-order valence-corrected chi connectivity index (χ2v) is 8.76. The Hall–Kier alpha value is -3.45. The number of carbonyl (C=O) groups excluding carboxylic acids is 2. The number of benzene rings is 1. The van der Waals surface area contributed by atoms with E-state index in [1.54, 1.807) is 37.6 Å². The van der Waals surface area contributed by atoms with Gasteiger partial charge in [-0.2, -0.15) is 0 Å². The second kappa shape index (κ2) is 8.35. The van der Waals surface area contributed by atoms with Crippen LogP contribution in [0.3, 0.4) is 0 Å². The summed E-state index contributed by atoms with van der Waals surface area (Å²) in [4.78, 5) is 37.3. The molecule has 1 atom stereocenters. The summed E-state index contributed by atoms with van der Waals surface area (Å²) in [5.74, 6) is -1.02. The molecule has 0 radical (unpaired) electrons. The zero-order valence-electron chi connectivity index (χ0n) is 17.4. The molecule has 1 unspecified atom stereocenters. The first-order valence-corrected chi connectivity index (χ1v) is 10.6. The van der Waals surface area contributed by atoms with Crippen LogP contribution in [0.25, 0.3) is 32.2 Å². The van der Waals surface area contributed by atoms with E-state index < -0.39 is 17.3 Å². The maximum absolute atomic E-state index is 12.1. The first-order chi connectivity index (χ1) is 14.9. The summed E-state index contributed by atoms with van der Waals surface area (Å²) in [6.07, 6.45) is 4.33. The number of carbonyl (C=O) groups is 2. The Morgan fingerprint density at radius 1 is 1.06 bits per heavy atom. The lowest BCUT2D eigenvalue weighted by atomic mass is 9.75. The van der Waals surface area contributed by atoms with Crippen molar-refractivity contribution in [2.24, 2.45) is 5.41 Å². The molecule has 156 valence electrons. The summed E-state index contributed by atoms with van der Waals surface area (Å²) in [5, 5.41) is 0.877. The molecule has 0 aliphatic rings. The minimum atomic E-state index is -0.954. The van der Waals surface area contributed by atoms with Gasteiger partial charge in [-0.3, -0.25) is 9.78 Å². The predicted molar refractivity (Wildman–Crippen MR) is 121 cm³/mol. The van der Waals surface area contributed by atoms with Crippen LogP contribution in [-0.4, -0.2) is 34.3 Å². The molecule has 0 spiro atoms. The molecule has 0 saturated heterocycles. The molecule has 31 heavy (non-hydrogen) atoms. The van der Waals surface area contributed by atoms with Crippen molar-refractivity contribution in [3.05, 3.63) is 66.5 Å². The van der Waals surface area contributed by atoms with Gasteiger partial charge in [0.2, 0.25) is 0 Å². The van der Waals surface area contributed by atoms with Gasteiger partial charge in [0.1, 0.15) is 11.3 Å². The van der Waals surface area contributed by atoms with Gasteiger partial charge in [0, 0.05) is 23.5 Å². The maximum Gasteiger partial charge on any atom is 0.312 e. The van der Waals surface area contributed by atoms with Gasteiger partial charge in [-0.05, 0) is 43.7 Å². The van der Waals surface area contributed by atoms with E-state index in [0.29, 0.717) is 0 Å². The average molecular weight is 432 g/mol. The Bertz CT molecular complexity index is 1200. The second-order valence-electron chi connectivity index (χ2n) is 7.73. The van der Waals surface area contributed by atoms with Crippen LogP contribution >= 0.6 is 11.3 Å². The molecular weight excluding hydrogens is 410 g/mol. The Morgan fingerprint density at radius 3 is 2.42 bits per heavy atom. The van der Waals surface area contributed by atoms with Gasteiger partial charge in [-0.25, -0.2) is 9.97 Å². The number of esters is 1. The van der Waals surface area contributed by atoms with Crippen LogP contribution in [0.2, 0.25) is 0 Å². The van der Waals surface area contributed by atoms with E-state index in [-0.39, 0.29) is 0 Å². The van der Waals surface area contributed by atoms with E-state index in [0.717, 1.165) is 44.0 Å². The van der Waals surface area contributed by atoms with Crippen molar-refractivity contribution in [3.8, 4) is 21.8 Å². The number of pyridine rings is 2. The first kappa shape index (κ1) is 20.8. The molecule has 0 fully saturated rings. The van der Waals surface area contributed by atoms with Crippen molar-refractivity contribution in [2.45, 2.75) is 19.8 Å². The highest BCUT2D eigenvalue weighted by Crippen LogP contribution is 2.36. The lowest BCUT2D eigenvalue weighted by Crippen LogP contribution is -2.33. The Kier molecular flexibility index (Phi) is 5.61. The van der Waals surface area contributed by atoms with E-state index in [1.165, 1.54) is 7.11 Å². The first-order valence-electron chi connectivity index (χ1n) is 9.76. The van der Waals surface area contributed by atoms with Gasteiger partial charge in [0.05, 0.1) is 28.8 Å². The number of hydrogen-bond acceptors (Lipinski definition) is 7. The third-order valence-corrected chi connectivity index (χ3v) is 6.42. The third-order valence-electron chi connectivity index (χ3n) is 5.37. The number of methoxy groups -OCH3 is 1. The Morgan fingerprint density at radius 2 is 1.81 bits per heavy atom. The van der Waals surface area contributed by atoms with E-state index >= 15 is 0 Å². The number of fused-ring (bicyclic) bond motifs is 1. The highest BCUT2D eigenvalue weighted by molar-refractivity contribution is 7.21. The van der Waals surface area contributed by atoms with Crippen molar-refractivity contribution < 1.29 is 14.3 Å². The lowest BCUT2D eigenvalue weighted by Gasteiger charge is -2.28. The van der Waals surface area contributed by atoms with Gasteiger partial charge in [0.25, 0.3) is 0 Å². The molecule has 4 aromatic rings. The van der Waals surface area contributed by atoms with Gasteiger partial charge in [0.15, 0.2) is 5.65 Å². The van der Waals surface area contributed by atoms with Crippen molar-refractivity contribution in [3.63, 3.8) is 0 Å². The Labute approximate surface area is 184 Å². The zero-order chi connectivity index (χ0) is 22.0. The van der Waals surface area contributed by atoms with E-state index in [4.69, 9.17) is 4.74 Å². The van der Waals surface area contributed by atoms with Crippen LogP contribution in [0.15, 0.2) is 60.9 Å². The zero-order valence-corrected chi connectivity index (χ0v) is 18.2. The fourth-order valence-electron chi connectivity index (χ4n) is 3.50. The SMILES string of the molecule is COC(=O)C(C)(C)C(C=O)c1ccc(-c2ccc(-c3nc4ncccc4s3)cn2)cc1. The van der Waals surface area contributed by atoms with Crippen LogP contribution < -0.4 is 0 Å². The fourth-order valence-corrected chi connectivity index (χ4v) is 4.42. The minimum Gasteiger partial charge on any atom is -0.469 e. The van der Waals surface area contributed by atoms with Crippen molar-refractivity contribution >= 4 is 33.9 Å². The van der Waals surface area contributed by atoms with Crippen molar-refractivity contribution in [1.82, 2.24) is 15.0 Å². The molecule has 0 amide bonds. The normalized spacial score (nSPS) is 12.5. The molecule has 3 aromatic heterocycles. The topological polar surface area (TPSA) is 82.0 Å². The number of rotatable bonds is 6. The highest BCUT2D eigenvalue weighted by Gasteiger charge is 2.38. The molecule has 3 heterocycles. The number of nitrogens with zero attached hydrogens (tertiary/aromatic N) is 3. The van der Waals surface area contributed by atoms with Crippen LogP contribution in [0.1, 0.15) is 25.3 Å². The van der Waals surface area contributed by atoms with Gasteiger partial charge < -0.3 is 9.53 Å². The summed E-state index contributed by atoms with van der Waals surface area (Å²) in [6, 6.07) is 15.4. The summed E-state index contributed by atoms with van der Waals surface area (Å²) in [6.45, 7) is 3.42. The summed E-state index contributed by atoms with van der Waals surface area (Å²) >= 11 is 1.58. The molecule has 0 saturated carbocycles. The van der Waals surface area contributed by atoms with Gasteiger partial charge >= 0.3 is 5.97 Å². The van der Waals surface area contributed by atoms with Gasteiger partial charge in [-0.1, -0.05) is 24.3 Å². The molecule has 1 aromatic carbocycles. The molecule has 0 aliphatic heterocycles. The average Bonchev–Trinajstić information content (AvgIpc) is 3.24. The maximum atomic E-state index is 12.1. The van der Waals surface area contributed by atoms with Crippen LogP contribution in [-0.2, 0) is 14.3 Å². The third kappa shape index (κ3) is 3.96. The quantitative estimate of drug-likeness (QED) is 0.319. The van der Waals surface area contributed by atoms with E-state index in [1.807, 2.05) is 48.5 Å². The standard InChI is InChI=1S/C24H21N3O3S/c1-24(2,23(29)30-3)18(14-28)15-6-8-16(9-7-15)19-11-10-17(13-26-19)22-27-21-20(31-22)5-4-12-25-21/h4-14,18H,1-3H3. The number of ether oxygens (including phenoxy) is 1. The number of aromatic nitrogens is 3. The lowest BCUT2D eigenvalue weighted by molar-refractivity contribution is -0.153. The van der Waals surface area contributed by atoms with E-state index in [9.17, 15) is 9.59 Å². The van der Waals surface area contributed by atoms with Crippen molar-refractivity contribution in [1.29, 1.82) is 0 Å². The summed E-state index contributed by atoms with van der Waals surface area (Å²) < 4.78 is 5.90. The molecule has 7 heteroatoms. The molecule has 0 aliphatic carbocycles. The number of thiazole rings is 1. The van der Waals surface area contributed by atoms with Crippen molar-refractivity contribution in [2.75, 3.05) is 7.11 Å². The smallest absolute Gasteiger partial charge is 0.312 e. The van der Waals surface area contributed by atoms with Crippen LogP contribution in [0.5, 0.6) is 0 Å². The Balaban J connectivity index is 1.57. The predicted octanol–water partition coefficient (Wildman–Crippen LogP) is 4.90. The molecule has 0 bridgehead atoms. The minimum absolute atomic E-state index is 0.420. The summed E-state index contributed by atoms with van der Waals surface area (Å²) in [5.41, 5.74) is 3.20. The molecule has 6 nitrogen and oxygen atoms in total. The fraction of sp³-hybridized carbons (Fsp3) is 0.208.